The topological polar surface area (TPSA) is 91.3 Å². The van der Waals surface area contributed by atoms with Crippen LogP contribution in [0.25, 0.3) is 5.70 Å². The third-order valence-electron chi connectivity index (χ3n) is 4.84. The molecule has 3 rings (SSSR count). The summed E-state index contributed by atoms with van der Waals surface area (Å²) in [6, 6.07) is 5.63. The minimum Gasteiger partial charge on any atom is -0.389 e. The molecule has 3 N–H and O–H groups in total. The highest BCUT2D eigenvalue weighted by Gasteiger charge is 2.29. The molecule has 0 aromatic heterocycles. The van der Waals surface area contributed by atoms with E-state index in [-0.39, 0.29) is 0 Å². The van der Waals surface area contributed by atoms with Crippen molar-refractivity contribution >= 4 is 37.9 Å². The predicted molar refractivity (Wildman–Crippen MR) is 121 cm³/mol. The van der Waals surface area contributed by atoms with Crippen LogP contribution in [0.15, 0.2) is 46.1 Å². The largest absolute Gasteiger partial charge is 0.389 e. The van der Waals surface area contributed by atoms with Crippen molar-refractivity contribution in [2.75, 3.05) is 6.54 Å². The lowest BCUT2D eigenvalue weighted by Gasteiger charge is -2.30. The monoisotopic (exact) mass is 458 g/mol. The summed E-state index contributed by atoms with van der Waals surface area (Å²) >= 11 is 3.55. The fourth-order valence-corrected chi connectivity index (χ4v) is 3.81. The quantitative estimate of drug-likeness (QED) is 0.714. The molecule has 6 nitrogen and oxygen atoms in total. The maximum Gasteiger partial charge on any atom is 0.248 e. The number of allylic oxidation sites excluding steroid dienone is 3. The molecule has 2 heterocycles. The van der Waals surface area contributed by atoms with Crippen molar-refractivity contribution < 1.29 is 9.90 Å². The number of halogens is 1. The molecule has 0 fully saturated rings. The van der Waals surface area contributed by atoms with E-state index in [0.29, 0.717) is 24.4 Å². The van der Waals surface area contributed by atoms with Crippen LogP contribution in [0.1, 0.15) is 55.1 Å². The zero-order chi connectivity index (χ0) is 21.3. The number of aliphatic hydroxyl groups is 1. The van der Waals surface area contributed by atoms with Gasteiger partial charge in [0.1, 0.15) is 4.62 Å². The van der Waals surface area contributed by atoms with E-state index in [1.165, 1.54) is 0 Å². The van der Waals surface area contributed by atoms with Crippen LogP contribution in [0, 0.1) is 12.8 Å². The number of hydrogen-bond donors (Lipinski definition) is 2. The molecule has 29 heavy (non-hydrogen) atoms. The highest BCUT2D eigenvalue weighted by Crippen LogP contribution is 2.35. The van der Waals surface area contributed by atoms with Gasteiger partial charge in [-0.05, 0) is 66.7 Å². The minimum absolute atomic E-state index is 0.309. The van der Waals surface area contributed by atoms with E-state index in [9.17, 15) is 9.90 Å². The van der Waals surface area contributed by atoms with Crippen LogP contribution in [0.5, 0.6) is 0 Å². The molecule has 0 saturated heterocycles. The Kier molecular flexibility index (Phi) is 6.10. The Labute approximate surface area is 180 Å². The molecule has 7 heteroatoms. The molecule has 0 bridgehead atoms. The normalized spacial score (nSPS) is 21.2. The summed E-state index contributed by atoms with van der Waals surface area (Å²) in [4.78, 5) is 16.3. The number of aliphatic imine (C=N–C) groups is 1. The van der Waals surface area contributed by atoms with E-state index < -0.39 is 11.5 Å². The Hall–Kier alpha value is -2.25. The van der Waals surface area contributed by atoms with Crippen LogP contribution < -0.4 is 5.73 Å². The first-order valence-electron chi connectivity index (χ1n) is 9.67. The summed E-state index contributed by atoms with van der Waals surface area (Å²) in [5, 5.41) is 16.7. The Balaban J connectivity index is 2.07. The number of primary amides is 1. The fourth-order valence-electron chi connectivity index (χ4n) is 3.39. The van der Waals surface area contributed by atoms with Gasteiger partial charge < -0.3 is 10.8 Å². The van der Waals surface area contributed by atoms with Gasteiger partial charge in [0.2, 0.25) is 5.91 Å². The van der Waals surface area contributed by atoms with Crippen molar-refractivity contribution in [2.24, 2.45) is 21.7 Å². The first-order valence-corrected chi connectivity index (χ1v) is 10.5. The smallest absolute Gasteiger partial charge is 0.248 e. The molecule has 1 aromatic rings. The van der Waals surface area contributed by atoms with Gasteiger partial charge in [-0.1, -0.05) is 25.1 Å². The molecule has 1 aromatic carbocycles. The second kappa shape index (κ2) is 8.24. The first-order chi connectivity index (χ1) is 13.5. The van der Waals surface area contributed by atoms with Crippen molar-refractivity contribution in [3.8, 4) is 0 Å². The van der Waals surface area contributed by atoms with Crippen LogP contribution in [0.2, 0.25) is 0 Å². The van der Waals surface area contributed by atoms with Gasteiger partial charge >= 0.3 is 0 Å². The summed E-state index contributed by atoms with van der Waals surface area (Å²) in [5.41, 5.74) is 9.65. The van der Waals surface area contributed by atoms with Crippen molar-refractivity contribution in [1.29, 1.82) is 0 Å². The SMILES string of the molecule is Cc1cc(C2=CC(C)CC=C3C(=NCC(C)(C)O)CC(Br)=NN32)ccc1C(N)=O. The summed E-state index contributed by atoms with van der Waals surface area (Å²) in [5.74, 6) is -0.124. The standard InChI is InChI=1S/C22H27BrN4O2/c1-13-5-8-18-17(25-12-22(3,4)29)11-20(23)26-27(18)19(9-13)15-6-7-16(21(24)28)14(2)10-15/h6-10,13,29H,5,11-12H2,1-4H3,(H2,24,28). The Bertz CT molecular complexity index is 954. The second-order valence-electron chi connectivity index (χ2n) is 8.29. The number of hydrogen-bond acceptors (Lipinski definition) is 5. The molecule has 1 amide bonds. The van der Waals surface area contributed by atoms with E-state index in [0.717, 1.165) is 39.3 Å². The second-order valence-corrected chi connectivity index (χ2v) is 9.20. The summed E-state index contributed by atoms with van der Waals surface area (Å²) < 4.78 is 0.773. The van der Waals surface area contributed by atoms with Crippen molar-refractivity contribution in [1.82, 2.24) is 5.01 Å². The first kappa shape index (κ1) is 21.5. The van der Waals surface area contributed by atoms with E-state index in [2.05, 4.69) is 35.0 Å². The van der Waals surface area contributed by atoms with Gasteiger partial charge in [0.05, 0.1) is 29.3 Å². The number of nitrogens with two attached hydrogens (primary N) is 1. The van der Waals surface area contributed by atoms with Crippen molar-refractivity contribution in [2.45, 2.75) is 46.1 Å². The predicted octanol–water partition coefficient (Wildman–Crippen LogP) is 3.98. The number of amides is 1. The summed E-state index contributed by atoms with van der Waals surface area (Å²) in [6.07, 6.45) is 5.79. The summed E-state index contributed by atoms with van der Waals surface area (Å²) in [7, 11) is 0. The molecule has 2 aliphatic rings. The van der Waals surface area contributed by atoms with Gasteiger partial charge in [-0.15, -0.1) is 0 Å². The van der Waals surface area contributed by atoms with Crippen LogP contribution >= 0.6 is 15.9 Å². The lowest BCUT2D eigenvalue weighted by atomic mass is 10.00. The molecular weight excluding hydrogens is 432 g/mol. The molecule has 2 aliphatic heterocycles. The number of hydrazone groups is 1. The molecule has 1 atom stereocenters. The molecular formula is C22H27BrN4O2. The number of carbonyl (C=O) groups is 1. The fraction of sp³-hybridized carbons (Fsp3) is 0.409. The van der Waals surface area contributed by atoms with E-state index >= 15 is 0 Å². The zero-order valence-electron chi connectivity index (χ0n) is 17.2. The van der Waals surface area contributed by atoms with Gasteiger partial charge in [0.25, 0.3) is 0 Å². The number of benzene rings is 1. The maximum absolute atomic E-state index is 11.6. The number of rotatable bonds is 4. The average Bonchev–Trinajstić information content (AvgIpc) is 2.78. The Morgan fingerprint density at radius 1 is 1.41 bits per heavy atom. The number of aryl methyl sites for hydroxylation is 1. The maximum atomic E-state index is 11.6. The van der Waals surface area contributed by atoms with Crippen LogP contribution in [-0.2, 0) is 0 Å². The van der Waals surface area contributed by atoms with Gasteiger partial charge in [0, 0.05) is 17.5 Å². The number of carbonyl (C=O) groups excluding carboxylic acids is 1. The molecule has 0 aliphatic carbocycles. The van der Waals surface area contributed by atoms with E-state index in [4.69, 9.17) is 15.8 Å². The van der Waals surface area contributed by atoms with Crippen LogP contribution in [0.3, 0.4) is 0 Å². The lowest BCUT2D eigenvalue weighted by molar-refractivity contribution is 0.0903. The number of nitrogens with zero attached hydrogens (tertiary/aromatic N) is 3. The molecule has 0 spiro atoms. The molecule has 154 valence electrons. The third kappa shape index (κ3) is 5.03. The van der Waals surface area contributed by atoms with Crippen molar-refractivity contribution in [3.63, 3.8) is 0 Å². The minimum atomic E-state index is -0.877. The van der Waals surface area contributed by atoms with Crippen molar-refractivity contribution in [3.05, 3.63) is 52.7 Å². The molecule has 0 saturated carbocycles. The van der Waals surface area contributed by atoms with Crippen LogP contribution in [-0.4, -0.2) is 38.5 Å². The van der Waals surface area contributed by atoms with Gasteiger partial charge in [-0.25, -0.2) is 5.01 Å². The molecule has 0 radical (unpaired) electrons. The van der Waals surface area contributed by atoms with Crippen LogP contribution in [0.4, 0.5) is 0 Å². The Morgan fingerprint density at radius 3 is 2.76 bits per heavy atom. The van der Waals surface area contributed by atoms with E-state index in [1.807, 2.05) is 24.1 Å². The van der Waals surface area contributed by atoms with Gasteiger partial charge in [-0.3, -0.25) is 9.79 Å². The summed E-state index contributed by atoms with van der Waals surface area (Å²) in [6.45, 7) is 7.85. The van der Waals surface area contributed by atoms with Gasteiger partial charge in [-0.2, -0.15) is 5.10 Å². The van der Waals surface area contributed by atoms with Gasteiger partial charge in [0.15, 0.2) is 0 Å². The highest BCUT2D eigenvalue weighted by molar-refractivity contribution is 9.18. The third-order valence-corrected chi connectivity index (χ3v) is 5.28. The number of fused-ring (bicyclic) bond motifs is 1. The molecule has 1 unspecified atom stereocenters. The van der Waals surface area contributed by atoms with E-state index in [1.54, 1.807) is 19.9 Å². The Morgan fingerprint density at radius 2 is 2.14 bits per heavy atom. The average molecular weight is 459 g/mol. The zero-order valence-corrected chi connectivity index (χ0v) is 18.8. The lowest BCUT2D eigenvalue weighted by Crippen LogP contribution is -2.30. The highest BCUT2D eigenvalue weighted by atomic mass is 79.9.